The Hall–Kier alpha value is -2.16. The second kappa shape index (κ2) is 6.08. The zero-order valence-corrected chi connectivity index (χ0v) is 12.9. The van der Waals surface area contributed by atoms with Gasteiger partial charge in [0.2, 0.25) is 0 Å². The summed E-state index contributed by atoms with van der Waals surface area (Å²) in [5.74, 6) is -0.110. The minimum Gasteiger partial charge on any atom is -0.478 e. The third kappa shape index (κ3) is 3.30. The highest BCUT2D eigenvalue weighted by Gasteiger charge is 2.13. The second-order valence-corrected chi connectivity index (χ2v) is 5.92. The lowest BCUT2D eigenvalue weighted by atomic mass is 9.89. The van der Waals surface area contributed by atoms with Gasteiger partial charge in [0, 0.05) is 18.0 Å². The number of hydrogen-bond donors (Lipinski definition) is 1. The van der Waals surface area contributed by atoms with Gasteiger partial charge < -0.3 is 5.11 Å². The molecule has 0 saturated heterocycles. The lowest BCUT2D eigenvalue weighted by Gasteiger charge is -2.16. The van der Waals surface area contributed by atoms with E-state index in [2.05, 4.69) is 50.9 Å². The summed E-state index contributed by atoms with van der Waals surface area (Å²) in [6, 6.07) is 8.09. The summed E-state index contributed by atoms with van der Waals surface area (Å²) in [5.41, 5.74) is 4.66. The molecule has 0 unspecified atom stereocenters. The van der Waals surface area contributed by atoms with Crippen molar-refractivity contribution >= 4 is 5.97 Å². The fourth-order valence-corrected chi connectivity index (χ4v) is 2.39. The highest BCUT2D eigenvalue weighted by atomic mass is 16.4. The lowest BCUT2D eigenvalue weighted by molar-refractivity contribution is 0.0696. The van der Waals surface area contributed by atoms with Crippen molar-refractivity contribution in [2.24, 2.45) is 0 Å². The minimum absolute atomic E-state index is 0.218. The van der Waals surface area contributed by atoms with Gasteiger partial charge in [0.15, 0.2) is 0 Å². The number of carboxylic acids is 1. The van der Waals surface area contributed by atoms with Crippen molar-refractivity contribution in [1.29, 1.82) is 0 Å². The van der Waals surface area contributed by atoms with Crippen LogP contribution < -0.4 is 0 Å². The topological polar surface area (TPSA) is 50.2 Å². The van der Waals surface area contributed by atoms with Gasteiger partial charge >= 0.3 is 5.97 Å². The molecule has 1 aromatic carbocycles. The van der Waals surface area contributed by atoms with E-state index in [1.807, 2.05) is 0 Å². The molecule has 3 nitrogen and oxygen atoms in total. The van der Waals surface area contributed by atoms with Crippen molar-refractivity contribution in [3.8, 4) is 11.1 Å². The van der Waals surface area contributed by atoms with Crippen LogP contribution >= 0.6 is 0 Å². The number of aromatic nitrogens is 1. The van der Waals surface area contributed by atoms with Gasteiger partial charge in [-0.25, -0.2) is 4.79 Å². The van der Waals surface area contributed by atoms with Crippen LogP contribution in [0, 0.1) is 0 Å². The van der Waals surface area contributed by atoms with E-state index in [4.69, 9.17) is 5.11 Å². The fourth-order valence-electron chi connectivity index (χ4n) is 2.39. The Bertz CT molecular complexity index is 660. The predicted octanol–water partition coefficient (Wildman–Crippen LogP) is 4.69. The van der Waals surface area contributed by atoms with Gasteiger partial charge in [0.25, 0.3) is 0 Å². The lowest BCUT2D eigenvalue weighted by Crippen LogP contribution is -2.00. The highest BCUT2D eigenvalue weighted by molar-refractivity contribution is 5.89. The number of nitrogens with zero attached hydrogens (tertiary/aromatic N) is 1. The molecule has 0 spiro atoms. The summed E-state index contributed by atoms with van der Waals surface area (Å²) in [6.07, 6.45) is 3.10. The molecule has 21 heavy (non-hydrogen) atoms. The van der Waals surface area contributed by atoms with Crippen LogP contribution in [0.5, 0.6) is 0 Å². The number of benzene rings is 1. The molecular formula is C18H21NO2. The predicted molar refractivity (Wildman–Crippen MR) is 84.8 cm³/mol. The molecule has 0 bridgehead atoms. The summed E-state index contributed by atoms with van der Waals surface area (Å²) in [4.78, 5) is 15.2. The number of aromatic carboxylic acids is 1. The van der Waals surface area contributed by atoms with E-state index in [9.17, 15) is 4.79 Å². The second-order valence-electron chi connectivity index (χ2n) is 5.92. The Labute approximate surface area is 125 Å². The molecule has 0 fully saturated rings. The van der Waals surface area contributed by atoms with Crippen molar-refractivity contribution in [2.75, 3.05) is 0 Å². The molecule has 0 amide bonds. The molecule has 0 atom stereocenters. The number of pyridine rings is 1. The normalized spacial score (nSPS) is 11.1. The van der Waals surface area contributed by atoms with Crippen molar-refractivity contribution < 1.29 is 9.90 Å². The highest BCUT2D eigenvalue weighted by Crippen LogP contribution is 2.32. The maximum atomic E-state index is 11.1. The van der Waals surface area contributed by atoms with E-state index in [1.165, 1.54) is 17.3 Å². The molecular weight excluding hydrogens is 262 g/mol. The molecule has 0 saturated carbocycles. The molecule has 3 heteroatoms. The Morgan fingerprint density at radius 2 is 1.76 bits per heavy atom. The van der Waals surface area contributed by atoms with Crippen LogP contribution in [0.2, 0.25) is 0 Å². The third-order valence-corrected chi connectivity index (χ3v) is 3.66. The summed E-state index contributed by atoms with van der Waals surface area (Å²) in [6.45, 7) is 8.65. The molecule has 0 aliphatic carbocycles. The number of carboxylic acid groups (broad SMARTS) is 1. The molecule has 1 aromatic heterocycles. The first-order valence-corrected chi connectivity index (χ1v) is 7.22. The molecule has 110 valence electrons. The summed E-state index contributed by atoms with van der Waals surface area (Å²) < 4.78 is 0. The van der Waals surface area contributed by atoms with Crippen LogP contribution in [0.25, 0.3) is 11.1 Å². The fraction of sp³-hybridized carbons (Fsp3) is 0.333. The molecule has 2 rings (SSSR count). The van der Waals surface area contributed by atoms with Gasteiger partial charge in [0.1, 0.15) is 0 Å². The average molecular weight is 283 g/mol. The van der Waals surface area contributed by atoms with Crippen molar-refractivity contribution in [3.63, 3.8) is 0 Å². The van der Waals surface area contributed by atoms with Gasteiger partial charge in [-0.15, -0.1) is 0 Å². The first-order valence-electron chi connectivity index (χ1n) is 7.22. The summed E-state index contributed by atoms with van der Waals surface area (Å²) in [7, 11) is 0. The van der Waals surface area contributed by atoms with Gasteiger partial charge in [-0.05, 0) is 34.6 Å². The van der Waals surface area contributed by atoms with Crippen LogP contribution in [0.15, 0.2) is 36.7 Å². The standard InChI is InChI=1S/C18H21NO2/c1-11(2)13-5-6-16(17(8-13)12(3)4)14-7-15(18(20)21)10-19-9-14/h5-12H,1-4H3,(H,20,21). The molecule has 1 N–H and O–H groups in total. The largest absolute Gasteiger partial charge is 0.478 e. The van der Waals surface area contributed by atoms with E-state index >= 15 is 0 Å². The molecule has 0 aliphatic rings. The average Bonchev–Trinajstić information content (AvgIpc) is 2.46. The maximum Gasteiger partial charge on any atom is 0.337 e. The van der Waals surface area contributed by atoms with Gasteiger partial charge in [0.05, 0.1) is 5.56 Å². The molecule has 0 aliphatic heterocycles. The molecule has 0 radical (unpaired) electrons. The van der Waals surface area contributed by atoms with E-state index in [0.717, 1.165) is 11.1 Å². The SMILES string of the molecule is CC(C)c1ccc(-c2cncc(C(=O)O)c2)c(C(C)C)c1. The first kappa shape index (κ1) is 15.2. The van der Waals surface area contributed by atoms with Crippen molar-refractivity contribution in [1.82, 2.24) is 4.98 Å². The third-order valence-electron chi connectivity index (χ3n) is 3.66. The van der Waals surface area contributed by atoms with Gasteiger partial charge in [-0.3, -0.25) is 4.98 Å². The quantitative estimate of drug-likeness (QED) is 0.885. The van der Waals surface area contributed by atoms with E-state index in [1.54, 1.807) is 12.3 Å². The van der Waals surface area contributed by atoms with E-state index < -0.39 is 5.97 Å². The van der Waals surface area contributed by atoms with Crippen LogP contribution in [-0.4, -0.2) is 16.1 Å². The summed E-state index contributed by atoms with van der Waals surface area (Å²) in [5, 5.41) is 9.11. The Balaban J connectivity index is 2.57. The Morgan fingerprint density at radius 3 is 2.33 bits per heavy atom. The van der Waals surface area contributed by atoms with Crippen molar-refractivity contribution in [3.05, 3.63) is 53.3 Å². The van der Waals surface area contributed by atoms with E-state index in [-0.39, 0.29) is 5.56 Å². The van der Waals surface area contributed by atoms with Gasteiger partial charge in [-0.1, -0.05) is 45.9 Å². The zero-order chi connectivity index (χ0) is 15.6. The smallest absolute Gasteiger partial charge is 0.337 e. The van der Waals surface area contributed by atoms with Crippen LogP contribution in [0.1, 0.15) is 61.0 Å². The van der Waals surface area contributed by atoms with Gasteiger partial charge in [-0.2, -0.15) is 0 Å². The molecule has 2 aromatic rings. The molecule has 1 heterocycles. The van der Waals surface area contributed by atoms with Crippen LogP contribution in [0.4, 0.5) is 0 Å². The maximum absolute atomic E-state index is 11.1. The van der Waals surface area contributed by atoms with Crippen molar-refractivity contribution in [2.45, 2.75) is 39.5 Å². The van der Waals surface area contributed by atoms with Crippen LogP contribution in [-0.2, 0) is 0 Å². The Kier molecular flexibility index (Phi) is 4.41. The number of carbonyl (C=O) groups is 1. The minimum atomic E-state index is -0.950. The summed E-state index contributed by atoms with van der Waals surface area (Å²) >= 11 is 0. The first-order chi connectivity index (χ1) is 9.90. The van der Waals surface area contributed by atoms with E-state index in [0.29, 0.717) is 11.8 Å². The Morgan fingerprint density at radius 1 is 1.05 bits per heavy atom. The number of rotatable bonds is 4. The monoisotopic (exact) mass is 283 g/mol. The van der Waals surface area contributed by atoms with Crippen LogP contribution in [0.3, 0.4) is 0 Å². The zero-order valence-electron chi connectivity index (χ0n) is 12.9. The number of hydrogen-bond acceptors (Lipinski definition) is 2.